The number of nitrogens with two attached hydrogens (primary N) is 1. The molecule has 3 aromatic rings. The van der Waals surface area contributed by atoms with E-state index in [1.54, 1.807) is 17.4 Å². The molecule has 0 unspecified atom stereocenters. The molecule has 0 aliphatic carbocycles. The van der Waals surface area contributed by atoms with Crippen molar-refractivity contribution in [2.24, 2.45) is 0 Å². The second-order valence-electron chi connectivity index (χ2n) is 4.14. The summed E-state index contributed by atoms with van der Waals surface area (Å²) < 4.78 is 0. The van der Waals surface area contributed by atoms with Gasteiger partial charge in [-0.15, -0.1) is 11.3 Å². The smallest absolute Gasteiger partial charge is 0.124 e. The molecule has 0 saturated carbocycles. The van der Waals surface area contributed by atoms with Gasteiger partial charge in [-0.1, -0.05) is 41.9 Å². The highest BCUT2D eigenvalue weighted by Crippen LogP contribution is 2.33. The molecule has 1 heterocycles. The zero-order valence-electron chi connectivity index (χ0n) is 10.0. The quantitative estimate of drug-likeness (QED) is 0.693. The maximum atomic E-state index is 6.20. The van der Waals surface area contributed by atoms with Crippen LogP contribution in [0.2, 0.25) is 5.02 Å². The first kappa shape index (κ1) is 12.2. The van der Waals surface area contributed by atoms with Crippen LogP contribution in [0.4, 0.5) is 5.69 Å². The average Bonchev–Trinajstić information content (AvgIpc) is 2.89. The van der Waals surface area contributed by atoms with E-state index in [1.807, 2.05) is 47.8 Å². The average molecular weight is 287 g/mol. The van der Waals surface area contributed by atoms with Gasteiger partial charge in [0.2, 0.25) is 0 Å². The number of aromatic nitrogens is 1. The van der Waals surface area contributed by atoms with Crippen LogP contribution in [0.25, 0.3) is 21.8 Å². The standard InChI is InChI=1S/C15H11ClN2S/c16-13-8-11(17)6-7-12(13)14-9-19-15(18-14)10-4-2-1-3-5-10/h1-9H,17H2. The van der Waals surface area contributed by atoms with Crippen molar-refractivity contribution in [3.63, 3.8) is 0 Å². The van der Waals surface area contributed by atoms with Crippen molar-refractivity contribution in [2.75, 3.05) is 5.73 Å². The highest BCUT2D eigenvalue weighted by Gasteiger charge is 2.09. The molecule has 2 nitrogen and oxygen atoms in total. The highest BCUT2D eigenvalue weighted by molar-refractivity contribution is 7.13. The molecule has 4 heteroatoms. The van der Waals surface area contributed by atoms with E-state index in [0.29, 0.717) is 10.7 Å². The summed E-state index contributed by atoms with van der Waals surface area (Å²) in [5, 5.41) is 3.63. The Balaban J connectivity index is 2.02. The van der Waals surface area contributed by atoms with Gasteiger partial charge in [0.05, 0.1) is 10.7 Å². The summed E-state index contributed by atoms with van der Waals surface area (Å²) in [5.41, 5.74) is 9.27. The van der Waals surface area contributed by atoms with E-state index in [4.69, 9.17) is 17.3 Å². The fourth-order valence-corrected chi connectivity index (χ4v) is 2.96. The Hall–Kier alpha value is -1.84. The van der Waals surface area contributed by atoms with E-state index in [9.17, 15) is 0 Å². The van der Waals surface area contributed by atoms with Crippen LogP contribution in [0.3, 0.4) is 0 Å². The Bertz CT molecular complexity index is 707. The molecule has 0 radical (unpaired) electrons. The number of anilines is 1. The lowest BCUT2D eigenvalue weighted by molar-refractivity contribution is 1.40. The fourth-order valence-electron chi connectivity index (χ4n) is 1.85. The molecular weight excluding hydrogens is 276 g/mol. The number of hydrogen-bond donors (Lipinski definition) is 1. The van der Waals surface area contributed by atoms with Crippen LogP contribution in [-0.4, -0.2) is 4.98 Å². The van der Waals surface area contributed by atoms with Crippen molar-refractivity contribution >= 4 is 28.6 Å². The molecule has 2 aromatic carbocycles. The molecule has 94 valence electrons. The van der Waals surface area contributed by atoms with Crippen molar-refractivity contribution in [2.45, 2.75) is 0 Å². The summed E-state index contributed by atoms with van der Waals surface area (Å²) in [6.45, 7) is 0. The largest absolute Gasteiger partial charge is 0.399 e. The molecule has 0 spiro atoms. The number of nitrogen functional groups attached to an aromatic ring is 1. The minimum Gasteiger partial charge on any atom is -0.399 e. The van der Waals surface area contributed by atoms with Crippen LogP contribution in [0.15, 0.2) is 53.9 Å². The maximum Gasteiger partial charge on any atom is 0.124 e. The van der Waals surface area contributed by atoms with Crippen molar-refractivity contribution in [1.29, 1.82) is 0 Å². The Morgan fingerprint density at radius 3 is 2.58 bits per heavy atom. The van der Waals surface area contributed by atoms with Gasteiger partial charge in [-0.25, -0.2) is 4.98 Å². The molecule has 0 fully saturated rings. The zero-order valence-corrected chi connectivity index (χ0v) is 11.6. The number of halogens is 1. The third-order valence-corrected chi connectivity index (χ3v) is 4.00. The predicted molar refractivity (Wildman–Crippen MR) is 82.4 cm³/mol. The molecule has 0 amide bonds. The van der Waals surface area contributed by atoms with Gasteiger partial charge in [0, 0.05) is 22.2 Å². The second kappa shape index (κ2) is 5.03. The molecule has 2 N–H and O–H groups in total. The number of thiazole rings is 1. The monoisotopic (exact) mass is 286 g/mol. The maximum absolute atomic E-state index is 6.20. The number of hydrogen-bond acceptors (Lipinski definition) is 3. The third kappa shape index (κ3) is 2.48. The summed E-state index contributed by atoms with van der Waals surface area (Å²) in [7, 11) is 0. The summed E-state index contributed by atoms with van der Waals surface area (Å²) in [5.74, 6) is 0. The first-order valence-electron chi connectivity index (χ1n) is 5.80. The number of nitrogens with zero attached hydrogens (tertiary/aromatic N) is 1. The fraction of sp³-hybridized carbons (Fsp3) is 0. The molecule has 0 aliphatic heterocycles. The molecule has 1 aromatic heterocycles. The first-order valence-corrected chi connectivity index (χ1v) is 7.06. The molecule has 19 heavy (non-hydrogen) atoms. The zero-order chi connectivity index (χ0) is 13.2. The van der Waals surface area contributed by atoms with Crippen LogP contribution >= 0.6 is 22.9 Å². The Morgan fingerprint density at radius 2 is 1.84 bits per heavy atom. The Morgan fingerprint density at radius 1 is 1.05 bits per heavy atom. The van der Waals surface area contributed by atoms with Crippen LogP contribution < -0.4 is 5.73 Å². The molecular formula is C15H11ClN2S. The number of rotatable bonds is 2. The highest BCUT2D eigenvalue weighted by atomic mass is 35.5. The van der Waals surface area contributed by atoms with E-state index < -0.39 is 0 Å². The Kier molecular flexibility index (Phi) is 3.23. The van der Waals surface area contributed by atoms with Gasteiger partial charge in [0.1, 0.15) is 5.01 Å². The van der Waals surface area contributed by atoms with Gasteiger partial charge in [-0.3, -0.25) is 0 Å². The summed E-state index contributed by atoms with van der Waals surface area (Å²) in [6.07, 6.45) is 0. The minimum absolute atomic E-state index is 0.630. The van der Waals surface area contributed by atoms with Crippen molar-refractivity contribution in [3.05, 3.63) is 58.9 Å². The van der Waals surface area contributed by atoms with Gasteiger partial charge in [-0.2, -0.15) is 0 Å². The van der Waals surface area contributed by atoms with E-state index in [1.165, 1.54) is 0 Å². The molecule has 0 bridgehead atoms. The molecule has 3 rings (SSSR count). The van der Waals surface area contributed by atoms with Crippen LogP contribution in [0, 0.1) is 0 Å². The predicted octanol–water partition coefficient (Wildman–Crippen LogP) is 4.71. The van der Waals surface area contributed by atoms with Gasteiger partial charge in [0.15, 0.2) is 0 Å². The lowest BCUT2D eigenvalue weighted by Crippen LogP contribution is -1.86. The Labute approximate surface area is 120 Å². The summed E-state index contributed by atoms with van der Waals surface area (Å²) in [6, 6.07) is 15.6. The second-order valence-corrected chi connectivity index (χ2v) is 5.41. The lowest BCUT2D eigenvalue weighted by atomic mass is 10.1. The van der Waals surface area contributed by atoms with E-state index in [-0.39, 0.29) is 0 Å². The van der Waals surface area contributed by atoms with E-state index in [0.717, 1.165) is 21.8 Å². The molecule has 0 aliphatic rings. The van der Waals surface area contributed by atoms with Crippen LogP contribution in [-0.2, 0) is 0 Å². The third-order valence-electron chi connectivity index (χ3n) is 2.79. The van der Waals surface area contributed by atoms with Gasteiger partial charge >= 0.3 is 0 Å². The van der Waals surface area contributed by atoms with E-state index >= 15 is 0 Å². The lowest BCUT2D eigenvalue weighted by Gasteiger charge is -2.01. The van der Waals surface area contributed by atoms with Gasteiger partial charge in [-0.05, 0) is 18.2 Å². The number of benzene rings is 2. The summed E-state index contributed by atoms with van der Waals surface area (Å²) in [4.78, 5) is 4.63. The van der Waals surface area contributed by atoms with Crippen molar-refractivity contribution in [1.82, 2.24) is 4.98 Å². The topological polar surface area (TPSA) is 38.9 Å². The normalized spacial score (nSPS) is 10.6. The van der Waals surface area contributed by atoms with Crippen molar-refractivity contribution < 1.29 is 0 Å². The van der Waals surface area contributed by atoms with Gasteiger partial charge < -0.3 is 5.73 Å². The molecule has 0 atom stereocenters. The van der Waals surface area contributed by atoms with Gasteiger partial charge in [0.25, 0.3) is 0 Å². The van der Waals surface area contributed by atoms with Crippen LogP contribution in [0.1, 0.15) is 0 Å². The minimum atomic E-state index is 0.630. The van der Waals surface area contributed by atoms with Crippen molar-refractivity contribution in [3.8, 4) is 21.8 Å². The first-order chi connectivity index (χ1) is 9.24. The van der Waals surface area contributed by atoms with E-state index in [2.05, 4.69) is 4.98 Å². The molecule has 0 saturated heterocycles. The SMILES string of the molecule is Nc1ccc(-c2csc(-c3ccccc3)n2)c(Cl)c1. The summed E-state index contributed by atoms with van der Waals surface area (Å²) >= 11 is 7.81. The van der Waals surface area contributed by atoms with Crippen LogP contribution in [0.5, 0.6) is 0 Å².